The Hall–Kier alpha value is -0.0400. The van der Waals surface area contributed by atoms with Crippen LogP contribution in [0.15, 0.2) is 0 Å². The maximum Gasteiger partial charge on any atom is 0.0625 e. The molecule has 4 atom stereocenters. The van der Waals surface area contributed by atoms with E-state index < -0.39 is 0 Å². The quantitative estimate of drug-likeness (QED) is 0.607. The Morgan fingerprint density at radius 2 is 2.08 bits per heavy atom. The van der Waals surface area contributed by atoms with Crippen molar-refractivity contribution in [2.24, 2.45) is 22.7 Å². The van der Waals surface area contributed by atoms with Crippen molar-refractivity contribution in [3.05, 3.63) is 0 Å². The number of rotatable bonds is 0. The SMILES string of the molecule is CC1(C)[C@H](O)[C@@H]2C[C@H]3CCC[C@@]31C2. The molecule has 1 heteroatoms. The zero-order chi connectivity index (χ0) is 9.27. The Morgan fingerprint density at radius 1 is 1.31 bits per heavy atom. The van der Waals surface area contributed by atoms with Crippen LogP contribution in [-0.2, 0) is 0 Å². The Bertz CT molecular complexity index is 246. The highest BCUT2D eigenvalue weighted by molar-refractivity contribution is 5.16. The molecule has 0 saturated heterocycles. The first kappa shape index (κ1) is 8.28. The van der Waals surface area contributed by atoms with E-state index in [9.17, 15) is 5.11 Å². The molecule has 0 unspecified atom stereocenters. The molecular weight excluding hydrogens is 160 g/mol. The summed E-state index contributed by atoms with van der Waals surface area (Å²) in [7, 11) is 0. The number of hydrogen-bond acceptors (Lipinski definition) is 1. The minimum Gasteiger partial charge on any atom is -0.392 e. The van der Waals surface area contributed by atoms with E-state index in [4.69, 9.17) is 0 Å². The lowest BCUT2D eigenvalue weighted by molar-refractivity contribution is -0.0570. The van der Waals surface area contributed by atoms with Gasteiger partial charge in [0.25, 0.3) is 0 Å². The van der Waals surface area contributed by atoms with Gasteiger partial charge in [-0.1, -0.05) is 20.3 Å². The second-order valence-corrected chi connectivity index (χ2v) is 6.11. The van der Waals surface area contributed by atoms with Crippen LogP contribution in [0.25, 0.3) is 0 Å². The van der Waals surface area contributed by atoms with Gasteiger partial charge in [-0.15, -0.1) is 0 Å². The fourth-order valence-corrected chi connectivity index (χ4v) is 4.91. The number of aliphatic hydroxyl groups excluding tert-OH is 1. The van der Waals surface area contributed by atoms with Crippen LogP contribution in [0.3, 0.4) is 0 Å². The first-order chi connectivity index (χ1) is 6.08. The van der Waals surface area contributed by atoms with Gasteiger partial charge < -0.3 is 5.11 Å². The molecule has 0 heterocycles. The molecular formula is C12H20O. The third kappa shape index (κ3) is 0.707. The van der Waals surface area contributed by atoms with Gasteiger partial charge in [-0.05, 0) is 48.3 Å². The average molecular weight is 180 g/mol. The van der Waals surface area contributed by atoms with Crippen molar-refractivity contribution in [1.29, 1.82) is 0 Å². The van der Waals surface area contributed by atoms with Crippen LogP contribution < -0.4 is 0 Å². The molecule has 3 fully saturated rings. The zero-order valence-electron chi connectivity index (χ0n) is 8.71. The van der Waals surface area contributed by atoms with Gasteiger partial charge in [-0.3, -0.25) is 0 Å². The Labute approximate surface area is 80.5 Å². The molecule has 13 heavy (non-hydrogen) atoms. The van der Waals surface area contributed by atoms with Crippen LogP contribution in [0.5, 0.6) is 0 Å². The van der Waals surface area contributed by atoms with E-state index in [0.717, 1.165) is 5.92 Å². The van der Waals surface area contributed by atoms with Crippen LogP contribution in [0.4, 0.5) is 0 Å². The van der Waals surface area contributed by atoms with Crippen molar-refractivity contribution in [2.45, 2.75) is 52.1 Å². The summed E-state index contributed by atoms with van der Waals surface area (Å²) in [5.41, 5.74) is 0.744. The van der Waals surface area contributed by atoms with E-state index in [-0.39, 0.29) is 11.5 Å². The number of fused-ring (bicyclic) bond motifs is 1. The zero-order valence-corrected chi connectivity index (χ0v) is 8.71. The van der Waals surface area contributed by atoms with Crippen LogP contribution in [0.2, 0.25) is 0 Å². The summed E-state index contributed by atoms with van der Waals surface area (Å²) in [5, 5.41) is 10.2. The van der Waals surface area contributed by atoms with Crippen LogP contribution in [0, 0.1) is 22.7 Å². The molecule has 2 bridgehead atoms. The van der Waals surface area contributed by atoms with E-state index in [1.54, 1.807) is 0 Å². The van der Waals surface area contributed by atoms with Crippen LogP contribution >= 0.6 is 0 Å². The van der Waals surface area contributed by atoms with Crippen molar-refractivity contribution in [3.63, 3.8) is 0 Å². The van der Waals surface area contributed by atoms with E-state index >= 15 is 0 Å². The minimum atomic E-state index is -0.0122. The van der Waals surface area contributed by atoms with Crippen molar-refractivity contribution in [2.75, 3.05) is 0 Å². The summed E-state index contributed by atoms with van der Waals surface area (Å²) in [6.07, 6.45) is 6.87. The summed E-state index contributed by atoms with van der Waals surface area (Å²) in [6, 6.07) is 0. The third-order valence-corrected chi connectivity index (χ3v) is 5.64. The average Bonchev–Trinajstić information content (AvgIpc) is 2.60. The molecule has 0 aromatic rings. The number of hydrogen-bond donors (Lipinski definition) is 1. The van der Waals surface area contributed by atoms with E-state index in [1.165, 1.54) is 32.1 Å². The Morgan fingerprint density at radius 3 is 2.77 bits per heavy atom. The van der Waals surface area contributed by atoms with Crippen molar-refractivity contribution in [1.82, 2.24) is 0 Å². The van der Waals surface area contributed by atoms with Crippen LogP contribution in [0.1, 0.15) is 46.0 Å². The molecule has 1 nitrogen and oxygen atoms in total. The molecule has 0 radical (unpaired) electrons. The molecule has 3 rings (SSSR count). The summed E-state index contributed by atoms with van der Waals surface area (Å²) in [4.78, 5) is 0. The second-order valence-electron chi connectivity index (χ2n) is 6.11. The smallest absolute Gasteiger partial charge is 0.0625 e. The first-order valence-corrected chi connectivity index (χ1v) is 5.76. The van der Waals surface area contributed by atoms with Crippen molar-refractivity contribution in [3.8, 4) is 0 Å². The van der Waals surface area contributed by atoms with Gasteiger partial charge >= 0.3 is 0 Å². The topological polar surface area (TPSA) is 20.2 Å². The van der Waals surface area contributed by atoms with Gasteiger partial charge in [0.2, 0.25) is 0 Å². The predicted molar refractivity (Wildman–Crippen MR) is 52.3 cm³/mol. The van der Waals surface area contributed by atoms with Crippen molar-refractivity contribution < 1.29 is 5.11 Å². The van der Waals surface area contributed by atoms with Gasteiger partial charge in [0.1, 0.15) is 0 Å². The number of aliphatic hydroxyl groups is 1. The molecule has 74 valence electrons. The maximum atomic E-state index is 10.2. The van der Waals surface area contributed by atoms with E-state index in [1.807, 2.05) is 0 Å². The van der Waals surface area contributed by atoms with Gasteiger partial charge in [0.05, 0.1) is 6.10 Å². The van der Waals surface area contributed by atoms with Gasteiger partial charge in [-0.2, -0.15) is 0 Å². The Balaban J connectivity index is 2.07. The van der Waals surface area contributed by atoms with Gasteiger partial charge in [0, 0.05) is 0 Å². The third-order valence-electron chi connectivity index (χ3n) is 5.64. The first-order valence-electron chi connectivity index (χ1n) is 5.76. The fourth-order valence-electron chi connectivity index (χ4n) is 4.91. The lowest BCUT2D eigenvalue weighted by Crippen LogP contribution is -2.44. The van der Waals surface area contributed by atoms with Gasteiger partial charge in [0.15, 0.2) is 0 Å². The highest BCUT2D eigenvalue weighted by Gasteiger charge is 2.67. The largest absolute Gasteiger partial charge is 0.392 e. The molecule has 0 aromatic carbocycles. The van der Waals surface area contributed by atoms with Crippen molar-refractivity contribution >= 4 is 0 Å². The lowest BCUT2D eigenvalue weighted by atomic mass is 9.60. The van der Waals surface area contributed by atoms with Crippen LogP contribution in [-0.4, -0.2) is 11.2 Å². The van der Waals surface area contributed by atoms with E-state index in [2.05, 4.69) is 13.8 Å². The molecule has 0 amide bonds. The van der Waals surface area contributed by atoms with Gasteiger partial charge in [-0.25, -0.2) is 0 Å². The Kier molecular flexibility index (Phi) is 1.36. The van der Waals surface area contributed by atoms with E-state index in [0.29, 0.717) is 11.3 Å². The summed E-state index contributed by atoms with van der Waals surface area (Å²) < 4.78 is 0. The molecule has 3 aliphatic rings. The summed E-state index contributed by atoms with van der Waals surface area (Å²) in [6.45, 7) is 4.60. The normalized spacial score (nSPS) is 57.0. The molecule has 3 aliphatic carbocycles. The molecule has 3 saturated carbocycles. The highest BCUT2D eigenvalue weighted by Crippen LogP contribution is 2.72. The highest BCUT2D eigenvalue weighted by atomic mass is 16.3. The monoisotopic (exact) mass is 180 g/mol. The maximum absolute atomic E-state index is 10.2. The molecule has 0 aliphatic heterocycles. The summed E-state index contributed by atoms with van der Waals surface area (Å²) >= 11 is 0. The predicted octanol–water partition coefficient (Wildman–Crippen LogP) is 2.58. The summed E-state index contributed by atoms with van der Waals surface area (Å²) in [5.74, 6) is 1.59. The molecule has 1 N–H and O–H groups in total. The molecule has 0 aromatic heterocycles. The minimum absolute atomic E-state index is 0.0122. The standard InChI is InChI=1S/C12H20O/c1-11(2)10(13)8-6-9-4-3-5-12(9,11)7-8/h8-10,13H,3-7H2,1-2H3/t8-,9-,10-,12-/m1/s1. The second kappa shape index (κ2) is 2.13. The lowest BCUT2D eigenvalue weighted by Gasteiger charge is -2.46. The fraction of sp³-hybridized carbons (Fsp3) is 1.00. The molecule has 1 spiro atoms.